The van der Waals surface area contributed by atoms with Crippen LogP contribution in [0.1, 0.15) is 103 Å². The Hall–Kier alpha value is -3.84. The first kappa shape index (κ1) is 39.8. The number of ketones is 1. The molecule has 0 bridgehead atoms. The molecule has 12 nitrogen and oxygen atoms in total. The molecule has 2 aromatic rings. The van der Waals surface area contributed by atoms with E-state index in [1.807, 2.05) is 43.3 Å². The van der Waals surface area contributed by atoms with E-state index in [4.69, 9.17) is 19.2 Å². The SMILES string of the molecule is C.COCCOC(=O)C[C@H]1CCCCC/C=C\[C@@H]2C[C@@]2(C(=O)NS(=O)(=O)C2(C)CC2)CC(=O)[C@@H]2C[C@]3(CCc4c(c(C)nc5ccccc45)O3)CN2C1=O. The summed E-state index contributed by atoms with van der Waals surface area (Å²) in [4.78, 5) is 62.7. The number of hydrogen-bond donors (Lipinski definition) is 1. The van der Waals surface area contributed by atoms with Gasteiger partial charge in [-0.15, -0.1) is 0 Å². The van der Waals surface area contributed by atoms with E-state index in [-0.39, 0.29) is 64.1 Å². The summed E-state index contributed by atoms with van der Waals surface area (Å²) in [5.74, 6) is -2.13. The van der Waals surface area contributed by atoms with Crippen molar-refractivity contribution < 1.29 is 41.8 Å². The molecule has 1 saturated heterocycles. The molecule has 294 valence electrons. The van der Waals surface area contributed by atoms with Gasteiger partial charge >= 0.3 is 5.97 Å². The molecule has 0 unspecified atom stereocenters. The van der Waals surface area contributed by atoms with Crippen molar-refractivity contribution in [1.29, 1.82) is 0 Å². The highest BCUT2D eigenvalue weighted by molar-refractivity contribution is 7.91. The van der Waals surface area contributed by atoms with Crippen molar-refractivity contribution in [3.05, 3.63) is 47.7 Å². The summed E-state index contributed by atoms with van der Waals surface area (Å²) in [7, 11) is -2.41. The maximum Gasteiger partial charge on any atom is 0.306 e. The van der Waals surface area contributed by atoms with Gasteiger partial charge in [0.25, 0.3) is 0 Å². The van der Waals surface area contributed by atoms with Gasteiger partial charge in [0.2, 0.25) is 21.8 Å². The van der Waals surface area contributed by atoms with Crippen LogP contribution in [0, 0.1) is 24.2 Å². The first-order valence-electron chi connectivity index (χ1n) is 19.1. The number of pyridine rings is 1. The summed E-state index contributed by atoms with van der Waals surface area (Å²) >= 11 is 0. The van der Waals surface area contributed by atoms with Gasteiger partial charge in [0, 0.05) is 36.8 Å². The van der Waals surface area contributed by atoms with E-state index in [1.165, 1.54) is 7.11 Å². The molecule has 54 heavy (non-hydrogen) atoms. The number of Topliss-reactive ketones (excluding diaryl/α,β-unsaturated/α-hetero) is 1. The quantitative estimate of drug-likeness (QED) is 0.206. The minimum Gasteiger partial charge on any atom is -0.483 e. The molecule has 2 saturated carbocycles. The number of fused-ring (bicyclic) bond motifs is 5. The number of sulfonamides is 1. The summed E-state index contributed by atoms with van der Waals surface area (Å²) < 4.78 is 45.0. The minimum absolute atomic E-state index is 0. The van der Waals surface area contributed by atoms with Crippen molar-refractivity contribution in [2.75, 3.05) is 26.9 Å². The van der Waals surface area contributed by atoms with Gasteiger partial charge in [-0.2, -0.15) is 0 Å². The van der Waals surface area contributed by atoms with E-state index in [2.05, 4.69) is 4.72 Å². The van der Waals surface area contributed by atoms with Crippen LogP contribution in [0.5, 0.6) is 5.75 Å². The van der Waals surface area contributed by atoms with Crippen LogP contribution in [0.2, 0.25) is 0 Å². The lowest BCUT2D eigenvalue weighted by atomic mass is 9.85. The minimum atomic E-state index is -3.93. The smallest absolute Gasteiger partial charge is 0.306 e. The molecule has 4 heterocycles. The number of amides is 2. The number of benzene rings is 1. The van der Waals surface area contributed by atoms with Crippen molar-refractivity contribution in [3.63, 3.8) is 0 Å². The predicted molar refractivity (Wildman–Crippen MR) is 203 cm³/mol. The van der Waals surface area contributed by atoms with Crippen molar-refractivity contribution >= 4 is 44.5 Å². The molecule has 2 aliphatic carbocycles. The molecule has 3 fully saturated rings. The number of carbonyl (C=O) groups is 4. The van der Waals surface area contributed by atoms with E-state index in [1.54, 1.807) is 11.8 Å². The van der Waals surface area contributed by atoms with Gasteiger partial charge in [0.15, 0.2) is 5.78 Å². The Morgan fingerprint density at radius 2 is 1.85 bits per heavy atom. The maximum atomic E-state index is 14.7. The van der Waals surface area contributed by atoms with Crippen LogP contribution in [0.4, 0.5) is 0 Å². The first-order valence-corrected chi connectivity index (χ1v) is 20.6. The second-order valence-corrected chi connectivity index (χ2v) is 18.4. The molecule has 3 aliphatic heterocycles. The number of ether oxygens (including phenoxy) is 3. The molecular weight excluding hydrogens is 711 g/mol. The third-order valence-electron chi connectivity index (χ3n) is 12.3. The topological polar surface area (TPSA) is 158 Å². The molecule has 0 radical (unpaired) electrons. The normalized spacial score (nSPS) is 29.7. The Bertz CT molecular complexity index is 1940. The second kappa shape index (κ2) is 15.4. The molecule has 1 spiro atoms. The van der Waals surface area contributed by atoms with Gasteiger partial charge in [-0.05, 0) is 77.2 Å². The number of allylic oxidation sites excluding steroid dienone is 2. The predicted octanol–water partition coefficient (Wildman–Crippen LogP) is 5.52. The summed E-state index contributed by atoms with van der Waals surface area (Å²) in [6.45, 7) is 3.98. The van der Waals surface area contributed by atoms with E-state index >= 15 is 0 Å². The highest BCUT2D eigenvalue weighted by atomic mass is 32.2. The first-order chi connectivity index (χ1) is 25.3. The third kappa shape index (κ3) is 7.67. The number of para-hydroxylation sites is 1. The number of esters is 1. The van der Waals surface area contributed by atoms with E-state index < -0.39 is 49.6 Å². The van der Waals surface area contributed by atoms with Crippen LogP contribution < -0.4 is 9.46 Å². The lowest BCUT2D eigenvalue weighted by Gasteiger charge is -2.36. The van der Waals surface area contributed by atoms with Gasteiger partial charge in [0.05, 0.1) is 47.0 Å². The number of hydrogen-bond acceptors (Lipinski definition) is 10. The van der Waals surface area contributed by atoms with Crippen LogP contribution in [0.25, 0.3) is 10.9 Å². The number of methoxy groups -OCH3 is 1. The summed E-state index contributed by atoms with van der Waals surface area (Å²) in [6, 6.07) is 6.99. The largest absolute Gasteiger partial charge is 0.483 e. The third-order valence-corrected chi connectivity index (χ3v) is 14.5. The number of nitrogens with zero attached hydrogens (tertiary/aromatic N) is 2. The van der Waals surface area contributed by atoms with Gasteiger partial charge in [-0.1, -0.05) is 50.6 Å². The maximum absolute atomic E-state index is 14.7. The second-order valence-electron chi connectivity index (χ2n) is 16.2. The summed E-state index contributed by atoms with van der Waals surface area (Å²) in [5.41, 5.74) is 0.522. The average molecular weight is 766 g/mol. The van der Waals surface area contributed by atoms with Crippen molar-refractivity contribution in [2.45, 2.75) is 121 Å². The zero-order valence-electron chi connectivity index (χ0n) is 31.0. The number of carbonyl (C=O) groups excluding carboxylic acids is 4. The van der Waals surface area contributed by atoms with Gasteiger partial charge in [-0.25, -0.2) is 13.4 Å². The molecule has 5 aliphatic rings. The zero-order chi connectivity index (χ0) is 37.6. The van der Waals surface area contributed by atoms with Crippen molar-refractivity contribution in [1.82, 2.24) is 14.6 Å². The molecule has 13 heteroatoms. The van der Waals surface area contributed by atoms with E-state index in [0.29, 0.717) is 50.7 Å². The average Bonchev–Trinajstić information content (AvgIpc) is 4.02. The van der Waals surface area contributed by atoms with Crippen LogP contribution in [-0.4, -0.2) is 85.1 Å². The number of aromatic nitrogens is 1. The Morgan fingerprint density at radius 3 is 2.61 bits per heavy atom. The molecule has 7 rings (SSSR count). The van der Waals surface area contributed by atoms with Crippen LogP contribution in [0.15, 0.2) is 36.4 Å². The molecule has 1 N–H and O–H groups in total. The molecular formula is C41H55N3O9S. The summed E-state index contributed by atoms with van der Waals surface area (Å²) in [6.07, 6.45) is 9.93. The standard InChI is InChI=1S/C40H51N3O9S.CH4/c1-26-35-30(29-13-9-10-14-31(29)41-26)15-16-39(52-35)23-32-33(44)24-40(37(47)42-53(48,49)38(2)17-18-38)22-28(40)12-8-6-4-5-7-11-27(36(46)43(32)25-39)21-34(45)51-20-19-50-3;/h8-10,12-14,27-28,32H,4-7,11,15-25H2,1-3H3,(H,42,47);1H4/b12-8-;/t27-,28-,32+,39-,40-;/m1./s1. The molecule has 2 amide bonds. The fourth-order valence-corrected chi connectivity index (χ4v) is 9.94. The number of aryl methyl sites for hydroxylation is 2. The van der Waals surface area contributed by atoms with Crippen LogP contribution >= 0.6 is 0 Å². The Labute approximate surface area is 318 Å². The highest BCUT2D eigenvalue weighted by Crippen LogP contribution is 2.58. The molecule has 1 aromatic carbocycles. The molecule has 5 atom stereocenters. The van der Waals surface area contributed by atoms with Crippen molar-refractivity contribution in [2.24, 2.45) is 17.3 Å². The Balaban J connectivity index is 0.00000497. The van der Waals surface area contributed by atoms with Crippen LogP contribution in [-0.2, 0) is 45.1 Å². The van der Waals surface area contributed by atoms with E-state index in [0.717, 1.165) is 41.4 Å². The van der Waals surface area contributed by atoms with Gasteiger partial charge in [0.1, 0.15) is 18.0 Å². The molecule has 1 aromatic heterocycles. The number of nitrogens with one attached hydrogen (secondary N) is 1. The fraction of sp³-hybridized carbons (Fsp3) is 0.634. The Morgan fingerprint density at radius 1 is 1.07 bits per heavy atom. The number of rotatable bonds is 8. The van der Waals surface area contributed by atoms with Crippen LogP contribution in [0.3, 0.4) is 0 Å². The Kier molecular flexibility index (Phi) is 11.3. The van der Waals surface area contributed by atoms with E-state index in [9.17, 15) is 27.6 Å². The fourth-order valence-electron chi connectivity index (χ4n) is 8.61. The van der Waals surface area contributed by atoms with Crippen molar-refractivity contribution in [3.8, 4) is 5.75 Å². The van der Waals surface area contributed by atoms with Gasteiger partial charge < -0.3 is 19.1 Å². The lowest BCUT2D eigenvalue weighted by molar-refractivity contribution is -0.151. The van der Waals surface area contributed by atoms with Gasteiger partial charge in [-0.3, -0.25) is 23.9 Å². The summed E-state index contributed by atoms with van der Waals surface area (Å²) in [5, 5.41) is 1.01. The zero-order valence-corrected chi connectivity index (χ0v) is 31.8. The highest BCUT2D eigenvalue weighted by Gasteiger charge is 2.63. The monoisotopic (exact) mass is 765 g/mol. The lowest BCUT2D eigenvalue weighted by Crippen LogP contribution is -2.48.